The number of hydrogen-bond acceptors (Lipinski definition) is 2. The Balaban J connectivity index is 3.55. The molecule has 2 nitrogen and oxygen atoms in total. The van der Waals surface area contributed by atoms with Gasteiger partial charge in [0.15, 0.2) is 0 Å². The Labute approximate surface area is 74.6 Å². The molecule has 0 aliphatic rings. The van der Waals surface area contributed by atoms with Crippen LogP contribution in [0, 0.1) is 0 Å². The Morgan fingerprint density at radius 2 is 1.88 bits per heavy atom. The van der Waals surface area contributed by atoms with Gasteiger partial charge in [-0.15, -0.1) is 0 Å². The molecule has 0 heterocycles. The Bertz CT molecular complexity index is 97.9. The first-order valence-corrected chi connectivity index (χ1v) is 3.58. The maximum Gasteiger partial charge on any atom is 0.370 e. The number of ether oxygens (including phenoxy) is 1. The summed E-state index contributed by atoms with van der Waals surface area (Å²) in [6.45, 7) is 0. The number of carbonyl (C=O) groups excluding carboxylic acids is 1. The van der Waals surface area contributed by atoms with Crippen molar-refractivity contribution in [1.29, 1.82) is 0 Å². The smallest absolute Gasteiger partial charge is 0.370 e. The minimum Gasteiger partial charge on any atom is -0.407 e. The molecule has 0 radical (unpaired) electrons. The molecule has 0 bridgehead atoms. The van der Waals surface area contributed by atoms with E-state index in [1.807, 2.05) is 0 Å². The van der Waals surface area contributed by atoms with Crippen LogP contribution in [0.1, 0.15) is 0 Å². The van der Waals surface area contributed by atoms with E-state index in [1.165, 1.54) is 22.6 Å². The summed E-state index contributed by atoms with van der Waals surface area (Å²) >= 11 is 16.4. The van der Waals surface area contributed by atoms with Gasteiger partial charge in [-0.3, -0.25) is 0 Å². The van der Waals surface area contributed by atoms with Crippen molar-refractivity contribution in [3.05, 3.63) is 0 Å². The monoisotopic (exact) mass is 288 g/mol. The van der Waals surface area contributed by atoms with Gasteiger partial charge in [0.1, 0.15) is 0 Å². The Morgan fingerprint density at radius 3 is 1.88 bits per heavy atom. The maximum atomic E-state index is 9.97. The fourth-order valence-electron chi connectivity index (χ4n) is 0.0910. The zero-order chi connectivity index (χ0) is 6.78. The van der Waals surface area contributed by atoms with E-state index >= 15 is 0 Å². The fourth-order valence-corrected chi connectivity index (χ4v) is 1.02. The number of carbonyl (C=O) groups is 1. The molecule has 0 N–H and O–H groups in total. The van der Waals surface area contributed by atoms with Crippen LogP contribution in [0.15, 0.2) is 0 Å². The third kappa shape index (κ3) is 7.07. The van der Waals surface area contributed by atoms with Gasteiger partial charge >= 0.3 is 7.95 Å². The van der Waals surface area contributed by atoms with Gasteiger partial charge < -0.3 is 4.74 Å². The van der Waals surface area contributed by atoms with E-state index in [0.29, 0.717) is 0 Å². The zero-order valence-electron chi connectivity index (χ0n) is 3.33. The molecule has 0 spiro atoms. The first kappa shape index (κ1) is 9.07. The van der Waals surface area contributed by atoms with E-state index in [0.717, 1.165) is 0 Å². The van der Waals surface area contributed by atoms with Crippen molar-refractivity contribution in [2.45, 2.75) is 3.98 Å². The molecule has 0 saturated heterocycles. The van der Waals surface area contributed by atoms with Crippen molar-refractivity contribution in [1.82, 2.24) is 0 Å². The van der Waals surface area contributed by atoms with Gasteiger partial charge in [0.2, 0.25) is 0 Å². The second-order valence-corrected chi connectivity index (χ2v) is 3.84. The van der Waals surface area contributed by atoms with Crippen LogP contribution in [0.4, 0.5) is 4.79 Å². The highest BCUT2D eigenvalue weighted by Gasteiger charge is 2.23. The predicted molar refractivity (Wildman–Crippen MR) is 40.8 cm³/mol. The summed E-state index contributed by atoms with van der Waals surface area (Å²) in [4.78, 5) is 9.97. The molecule has 0 atom stereocenters. The first-order valence-electron chi connectivity index (χ1n) is 1.37. The largest absolute Gasteiger partial charge is 0.407 e. The van der Waals surface area contributed by atoms with Crippen LogP contribution in [-0.2, 0) is 4.74 Å². The summed E-state index contributed by atoms with van der Waals surface area (Å²) in [6, 6.07) is 0. The summed E-state index contributed by atoms with van der Waals surface area (Å²) < 4.78 is 1.51. The lowest BCUT2D eigenvalue weighted by molar-refractivity contribution is 0.177. The van der Waals surface area contributed by atoms with Crippen molar-refractivity contribution in [3.8, 4) is 0 Å². The summed E-state index contributed by atoms with van der Waals surface area (Å²) in [6.07, 6.45) is 0. The molecular formula is C2Cl3IO2. The molecule has 48 valence electrons. The molecule has 6 heteroatoms. The van der Waals surface area contributed by atoms with Gasteiger partial charge in [-0.1, -0.05) is 0 Å². The van der Waals surface area contributed by atoms with Gasteiger partial charge in [0.25, 0.3) is 0 Å². The molecule has 0 saturated carbocycles. The van der Waals surface area contributed by atoms with Crippen LogP contribution in [-0.4, -0.2) is 7.95 Å². The van der Waals surface area contributed by atoms with Gasteiger partial charge in [-0.05, 0) is 34.8 Å². The topological polar surface area (TPSA) is 26.3 Å². The number of halogens is 4. The molecule has 8 heavy (non-hydrogen) atoms. The molecule has 0 rings (SSSR count). The molecule has 0 fully saturated rings. The van der Waals surface area contributed by atoms with Crippen molar-refractivity contribution < 1.29 is 9.53 Å². The van der Waals surface area contributed by atoms with Crippen molar-refractivity contribution >= 4 is 61.4 Å². The average molecular weight is 289 g/mol. The normalized spacial score (nSPS) is 11.0. The first-order chi connectivity index (χ1) is 3.42. The minimum absolute atomic E-state index is 0.650. The lowest BCUT2D eigenvalue weighted by Gasteiger charge is -2.07. The van der Waals surface area contributed by atoms with E-state index in [2.05, 4.69) is 4.74 Å². The third-order valence-electron chi connectivity index (χ3n) is 0.196. The van der Waals surface area contributed by atoms with Gasteiger partial charge in [0.05, 0.1) is 22.6 Å². The zero-order valence-corrected chi connectivity index (χ0v) is 7.75. The van der Waals surface area contributed by atoms with Crippen LogP contribution in [0.25, 0.3) is 0 Å². The second kappa shape index (κ2) is 3.29. The Hall–Kier alpha value is 1.07. The molecule has 0 unspecified atom stereocenters. The maximum absolute atomic E-state index is 9.97. The number of alkyl halides is 3. The quantitative estimate of drug-likeness (QED) is 0.389. The van der Waals surface area contributed by atoms with E-state index < -0.39 is 7.95 Å². The SMILES string of the molecule is O=C(I)OC(Cl)(Cl)Cl. The van der Waals surface area contributed by atoms with Gasteiger partial charge in [0, 0.05) is 0 Å². The molecule has 0 aliphatic carbocycles. The summed E-state index contributed by atoms with van der Waals surface area (Å²) in [5.74, 6) is 0. The Morgan fingerprint density at radius 1 is 1.50 bits per heavy atom. The van der Waals surface area contributed by atoms with Crippen LogP contribution in [0.3, 0.4) is 0 Å². The lowest BCUT2D eigenvalue weighted by Crippen LogP contribution is -2.09. The third-order valence-corrected chi connectivity index (χ3v) is 0.648. The molecule has 0 aliphatic heterocycles. The molecule has 0 aromatic heterocycles. The second-order valence-electron chi connectivity index (χ2n) is 0.785. The van der Waals surface area contributed by atoms with E-state index in [9.17, 15) is 4.79 Å². The number of hydrogen-bond donors (Lipinski definition) is 0. The summed E-state index contributed by atoms with van der Waals surface area (Å²) in [5.41, 5.74) is 0. The molecule has 0 aromatic rings. The number of rotatable bonds is 0. The van der Waals surface area contributed by atoms with Crippen LogP contribution < -0.4 is 0 Å². The van der Waals surface area contributed by atoms with Crippen LogP contribution in [0.2, 0.25) is 0 Å². The minimum atomic E-state index is -1.92. The predicted octanol–water partition coefficient (Wildman–Crippen LogP) is 2.89. The van der Waals surface area contributed by atoms with Crippen LogP contribution in [0.5, 0.6) is 0 Å². The molecule has 0 aromatic carbocycles. The highest BCUT2D eigenvalue weighted by molar-refractivity contribution is 14.1. The van der Waals surface area contributed by atoms with Gasteiger partial charge in [-0.2, -0.15) is 0 Å². The van der Waals surface area contributed by atoms with Gasteiger partial charge in [-0.25, -0.2) is 4.79 Å². The highest BCUT2D eigenvalue weighted by atomic mass is 127. The highest BCUT2D eigenvalue weighted by Crippen LogP contribution is 2.28. The summed E-state index contributed by atoms with van der Waals surface area (Å²) in [7, 11) is 0. The van der Waals surface area contributed by atoms with E-state index in [-0.39, 0.29) is 0 Å². The van der Waals surface area contributed by atoms with E-state index in [1.54, 1.807) is 0 Å². The Kier molecular flexibility index (Phi) is 3.73. The average Bonchev–Trinajstić information content (AvgIpc) is 1.21. The fraction of sp³-hybridized carbons (Fsp3) is 0.500. The molecule has 0 amide bonds. The summed E-state index contributed by atoms with van der Waals surface area (Å²) in [5, 5.41) is 0. The van der Waals surface area contributed by atoms with Crippen molar-refractivity contribution in [2.24, 2.45) is 0 Å². The lowest BCUT2D eigenvalue weighted by atomic mass is 11.5. The van der Waals surface area contributed by atoms with Crippen molar-refractivity contribution in [2.75, 3.05) is 0 Å². The van der Waals surface area contributed by atoms with E-state index in [4.69, 9.17) is 34.8 Å². The van der Waals surface area contributed by atoms with Crippen molar-refractivity contribution in [3.63, 3.8) is 0 Å². The molecular weight excluding hydrogens is 289 g/mol. The standard InChI is InChI=1S/C2Cl3IO2/c3-2(4,5)8-1(6)7. The van der Waals surface area contributed by atoms with Crippen LogP contribution >= 0.6 is 57.4 Å².